The molecule has 1 heterocycles. The summed E-state index contributed by atoms with van der Waals surface area (Å²) in [6, 6.07) is 0. The van der Waals surface area contributed by atoms with Gasteiger partial charge in [-0.1, -0.05) is 24.9 Å². The van der Waals surface area contributed by atoms with E-state index in [0.29, 0.717) is 18.4 Å². The molecule has 1 aliphatic carbocycles. The molecular formula is C13H23N3O2. The molecule has 2 unspecified atom stereocenters. The van der Waals surface area contributed by atoms with E-state index in [1.165, 1.54) is 6.42 Å². The van der Waals surface area contributed by atoms with Crippen molar-refractivity contribution in [1.82, 2.24) is 15.0 Å². The zero-order valence-electron chi connectivity index (χ0n) is 11.3. The van der Waals surface area contributed by atoms with Crippen LogP contribution in [0.3, 0.4) is 0 Å². The number of hydrogen-bond donors (Lipinski definition) is 1. The molecule has 5 nitrogen and oxygen atoms in total. The fourth-order valence-corrected chi connectivity index (χ4v) is 2.59. The third kappa shape index (κ3) is 3.53. The van der Waals surface area contributed by atoms with Crippen LogP contribution >= 0.6 is 0 Å². The van der Waals surface area contributed by atoms with Crippen molar-refractivity contribution in [2.24, 2.45) is 5.92 Å². The zero-order chi connectivity index (χ0) is 13.0. The third-order valence-corrected chi connectivity index (χ3v) is 3.65. The van der Waals surface area contributed by atoms with Gasteiger partial charge >= 0.3 is 0 Å². The van der Waals surface area contributed by atoms with Gasteiger partial charge < -0.3 is 9.63 Å². The van der Waals surface area contributed by atoms with Crippen molar-refractivity contribution in [3.05, 3.63) is 11.7 Å². The summed E-state index contributed by atoms with van der Waals surface area (Å²) in [6.07, 6.45) is 5.11. The number of aliphatic hydroxyl groups is 1. The number of nitrogens with zero attached hydrogens (tertiary/aromatic N) is 3. The lowest BCUT2D eigenvalue weighted by atomic mass is 9.86. The van der Waals surface area contributed by atoms with Gasteiger partial charge in [0, 0.05) is 13.0 Å². The van der Waals surface area contributed by atoms with Gasteiger partial charge in [0.2, 0.25) is 5.89 Å². The minimum atomic E-state index is -0.143. The molecule has 0 spiro atoms. The smallest absolute Gasteiger partial charge is 0.240 e. The minimum absolute atomic E-state index is 0.143. The Balaban J connectivity index is 1.82. The van der Waals surface area contributed by atoms with E-state index in [2.05, 4.69) is 15.0 Å². The molecule has 1 aromatic heterocycles. The summed E-state index contributed by atoms with van der Waals surface area (Å²) in [5.74, 6) is 1.81. The van der Waals surface area contributed by atoms with Crippen LogP contribution in [0.4, 0.5) is 0 Å². The number of aliphatic hydroxyl groups excluding tert-OH is 1. The molecule has 18 heavy (non-hydrogen) atoms. The van der Waals surface area contributed by atoms with Crippen molar-refractivity contribution in [3.63, 3.8) is 0 Å². The second kappa shape index (κ2) is 6.29. The Bertz CT molecular complexity index is 367. The Kier molecular flexibility index (Phi) is 4.72. The van der Waals surface area contributed by atoms with Gasteiger partial charge in [0.25, 0.3) is 0 Å². The zero-order valence-corrected chi connectivity index (χ0v) is 11.3. The van der Waals surface area contributed by atoms with E-state index in [9.17, 15) is 5.11 Å². The average molecular weight is 253 g/mol. The Morgan fingerprint density at radius 3 is 2.83 bits per heavy atom. The third-order valence-electron chi connectivity index (χ3n) is 3.65. The predicted octanol–water partition coefficient (Wildman–Crippen LogP) is 1.61. The standard InChI is InChI=1S/C13H23N3O2/c1-3-12-14-13(18-15-12)9-16(2)8-10-6-4-5-7-11(10)17/h10-11,17H,3-9H2,1-2H3. The van der Waals surface area contributed by atoms with Crippen molar-refractivity contribution in [1.29, 1.82) is 0 Å². The topological polar surface area (TPSA) is 62.4 Å². The van der Waals surface area contributed by atoms with Crippen molar-refractivity contribution in [2.45, 2.75) is 51.7 Å². The van der Waals surface area contributed by atoms with Crippen LogP contribution in [0, 0.1) is 5.92 Å². The molecule has 1 fully saturated rings. The highest BCUT2D eigenvalue weighted by Gasteiger charge is 2.24. The first-order valence-corrected chi connectivity index (χ1v) is 6.87. The van der Waals surface area contributed by atoms with E-state index in [0.717, 1.165) is 38.1 Å². The Labute approximate surface area is 108 Å². The van der Waals surface area contributed by atoms with Crippen LogP contribution in [0.15, 0.2) is 4.52 Å². The molecule has 1 saturated carbocycles. The molecule has 0 aliphatic heterocycles. The van der Waals surface area contributed by atoms with Crippen LogP contribution in [0.5, 0.6) is 0 Å². The molecule has 1 aliphatic rings. The summed E-state index contributed by atoms with van der Waals surface area (Å²) in [4.78, 5) is 6.46. The number of rotatable bonds is 5. The van der Waals surface area contributed by atoms with Crippen LogP contribution in [0.1, 0.15) is 44.3 Å². The molecule has 1 N–H and O–H groups in total. The van der Waals surface area contributed by atoms with E-state index in [1.807, 2.05) is 14.0 Å². The van der Waals surface area contributed by atoms with E-state index >= 15 is 0 Å². The lowest BCUT2D eigenvalue weighted by Crippen LogP contribution is -2.34. The van der Waals surface area contributed by atoms with Gasteiger partial charge in [-0.3, -0.25) is 4.90 Å². The normalized spacial score (nSPS) is 24.7. The molecule has 0 bridgehead atoms. The quantitative estimate of drug-likeness (QED) is 0.864. The Morgan fingerprint density at radius 1 is 1.39 bits per heavy atom. The Morgan fingerprint density at radius 2 is 2.17 bits per heavy atom. The molecule has 2 rings (SSSR count). The number of aryl methyl sites for hydroxylation is 1. The highest BCUT2D eigenvalue weighted by Crippen LogP contribution is 2.25. The molecule has 2 atom stereocenters. The van der Waals surface area contributed by atoms with Crippen LogP contribution in [0.2, 0.25) is 0 Å². The number of hydrogen-bond acceptors (Lipinski definition) is 5. The van der Waals surface area contributed by atoms with Gasteiger partial charge in [0.05, 0.1) is 12.6 Å². The second-order valence-electron chi connectivity index (χ2n) is 5.27. The van der Waals surface area contributed by atoms with Gasteiger partial charge in [-0.05, 0) is 25.8 Å². The van der Waals surface area contributed by atoms with Gasteiger partial charge in [-0.15, -0.1) is 0 Å². The first-order valence-electron chi connectivity index (χ1n) is 6.87. The molecule has 102 valence electrons. The summed E-state index contributed by atoms with van der Waals surface area (Å²) in [5.41, 5.74) is 0. The van der Waals surface area contributed by atoms with E-state index in [4.69, 9.17) is 4.52 Å². The van der Waals surface area contributed by atoms with Crippen molar-refractivity contribution in [3.8, 4) is 0 Å². The first kappa shape index (κ1) is 13.5. The monoisotopic (exact) mass is 253 g/mol. The fourth-order valence-electron chi connectivity index (χ4n) is 2.59. The largest absolute Gasteiger partial charge is 0.393 e. The molecule has 5 heteroatoms. The number of aromatic nitrogens is 2. The van der Waals surface area contributed by atoms with E-state index in [-0.39, 0.29) is 6.10 Å². The summed E-state index contributed by atoms with van der Waals surface area (Å²) in [6.45, 7) is 3.57. The van der Waals surface area contributed by atoms with E-state index in [1.54, 1.807) is 0 Å². The first-order chi connectivity index (χ1) is 8.69. The molecule has 0 saturated heterocycles. The lowest BCUT2D eigenvalue weighted by molar-refractivity contribution is 0.0484. The lowest BCUT2D eigenvalue weighted by Gasteiger charge is -2.30. The Hall–Kier alpha value is -0.940. The van der Waals surface area contributed by atoms with Crippen LogP contribution in [-0.4, -0.2) is 39.8 Å². The maximum atomic E-state index is 9.95. The van der Waals surface area contributed by atoms with Gasteiger partial charge in [0.15, 0.2) is 5.82 Å². The van der Waals surface area contributed by atoms with Gasteiger partial charge in [0.1, 0.15) is 0 Å². The summed E-state index contributed by atoms with van der Waals surface area (Å²) >= 11 is 0. The fraction of sp³-hybridized carbons (Fsp3) is 0.846. The molecule has 1 aromatic rings. The predicted molar refractivity (Wildman–Crippen MR) is 68.0 cm³/mol. The SMILES string of the molecule is CCc1noc(CN(C)CC2CCCCC2O)n1. The average Bonchev–Trinajstić information content (AvgIpc) is 2.80. The summed E-state index contributed by atoms with van der Waals surface area (Å²) in [5, 5.41) is 13.8. The second-order valence-corrected chi connectivity index (χ2v) is 5.27. The van der Waals surface area contributed by atoms with Gasteiger partial charge in [-0.2, -0.15) is 4.98 Å². The van der Waals surface area contributed by atoms with Crippen LogP contribution in [-0.2, 0) is 13.0 Å². The van der Waals surface area contributed by atoms with E-state index < -0.39 is 0 Å². The molecule has 0 radical (unpaired) electrons. The molecule has 0 aromatic carbocycles. The molecule has 0 amide bonds. The highest BCUT2D eigenvalue weighted by atomic mass is 16.5. The van der Waals surface area contributed by atoms with Crippen molar-refractivity contribution >= 4 is 0 Å². The van der Waals surface area contributed by atoms with Gasteiger partial charge in [-0.25, -0.2) is 0 Å². The highest BCUT2D eigenvalue weighted by molar-refractivity contribution is 4.86. The minimum Gasteiger partial charge on any atom is -0.393 e. The van der Waals surface area contributed by atoms with Crippen LogP contribution in [0.25, 0.3) is 0 Å². The summed E-state index contributed by atoms with van der Waals surface area (Å²) in [7, 11) is 2.04. The van der Waals surface area contributed by atoms with Crippen molar-refractivity contribution < 1.29 is 9.63 Å². The van der Waals surface area contributed by atoms with Crippen molar-refractivity contribution in [2.75, 3.05) is 13.6 Å². The molecular weight excluding hydrogens is 230 g/mol. The summed E-state index contributed by atoms with van der Waals surface area (Å²) < 4.78 is 5.18. The maximum Gasteiger partial charge on any atom is 0.240 e. The van der Waals surface area contributed by atoms with Crippen LogP contribution < -0.4 is 0 Å². The maximum absolute atomic E-state index is 9.95.